The topological polar surface area (TPSA) is 137 Å². The highest BCUT2D eigenvalue weighted by Crippen LogP contribution is 2.36. The molecule has 2 aromatic carbocycles. The fourth-order valence-electron chi connectivity index (χ4n) is 3.02. The number of nitrogens with one attached hydrogen (secondary N) is 1. The first kappa shape index (κ1) is 23.7. The number of aliphatic hydroxyl groups excluding tert-OH is 4. The highest BCUT2D eigenvalue weighted by molar-refractivity contribution is 9.10. The van der Waals surface area contributed by atoms with E-state index >= 15 is 0 Å². The Morgan fingerprint density at radius 3 is 2.67 bits per heavy atom. The molecule has 0 aliphatic rings. The third-order valence-corrected chi connectivity index (χ3v) is 6.06. The largest absolute Gasteiger partial charge is 0.493 e. The average molecular weight is 542 g/mol. The number of fused-ring (bicyclic) bond motifs is 1. The van der Waals surface area contributed by atoms with Gasteiger partial charge in [0, 0.05) is 21.6 Å². The molecule has 0 aliphatic heterocycles. The second-order valence-electron chi connectivity index (χ2n) is 7.00. The van der Waals surface area contributed by atoms with Crippen molar-refractivity contribution >= 4 is 49.9 Å². The molecule has 3 rings (SSSR count). The number of methoxy groups -OCH3 is 1. The summed E-state index contributed by atoms with van der Waals surface area (Å²) in [6.45, 7) is -0.546. The van der Waals surface area contributed by atoms with Crippen LogP contribution in [0.2, 0.25) is 5.02 Å². The van der Waals surface area contributed by atoms with Gasteiger partial charge in [-0.05, 0) is 45.8 Å². The van der Waals surface area contributed by atoms with Gasteiger partial charge >= 0.3 is 0 Å². The van der Waals surface area contributed by atoms with Crippen molar-refractivity contribution in [2.24, 2.45) is 0 Å². The number of ether oxygens (including phenoxy) is 2. The third-order valence-electron chi connectivity index (χ3n) is 4.83. The molecule has 0 spiro atoms. The summed E-state index contributed by atoms with van der Waals surface area (Å²) in [5.41, 5.74) is 1.05. The molecule has 11 heteroatoms. The van der Waals surface area contributed by atoms with Gasteiger partial charge in [-0.2, -0.15) is 0 Å². The van der Waals surface area contributed by atoms with Crippen molar-refractivity contribution in [3.05, 3.63) is 58.3 Å². The lowest BCUT2D eigenvalue weighted by Crippen LogP contribution is -2.44. The molecule has 0 fully saturated rings. The van der Waals surface area contributed by atoms with Crippen molar-refractivity contribution in [2.75, 3.05) is 25.6 Å². The summed E-state index contributed by atoms with van der Waals surface area (Å²) < 4.78 is 19.2. The lowest BCUT2D eigenvalue weighted by atomic mass is 10.0. The summed E-state index contributed by atoms with van der Waals surface area (Å²) >= 11 is 9.52. The summed E-state index contributed by atoms with van der Waals surface area (Å²) in [5.74, 6) is 0.894. The quantitative estimate of drug-likeness (QED) is 0.245. The van der Waals surface area contributed by atoms with Crippen LogP contribution in [-0.4, -0.2) is 69.0 Å². The molecular weight excluding hydrogens is 518 g/mol. The van der Waals surface area contributed by atoms with Gasteiger partial charge in [-0.25, -0.2) is 9.97 Å². The van der Waals surface area contributed by atoms with Gasteiger partial charge in [0.1, 0.15) is 24.4 Å². The van der Waals surface area contributed by atoms with Crippen LogP contribution in [0.1, 0.15) is 1.37 Å². The minimum Gasteiger partial charge on any atom is -0.493 e. The standard InChI is InChI=1S/C22H23BrClN3O6/c1-11(8-28)20(30)21(31)19(9-29)33-18-7-16-13(6-17(18)32-2)22(26-10-25-16)27-12-3-4-14(23)15(24)5-12/h3-7,10,19-21,28-31H,1,8-9H2,2H3,(H,25,26,27)/t19-,20+,21+/m0/s1/i1D. The van der Waals surface area contributed by atoms with Gasteiger partial charge in [0.2, 0.25) is 0 Å². The molecule has 5 N–H and O–H groups in total. The number of anilines is 2. The van der Waals surface area contributed by atoms with Crippen LogP contribution in [-0.2, 0) is 0 Å². The summed E-state index contributed by atoms with van der Waals surface area (Å²) in [6.07, 6.45) is -3.16. The monoisotopic (exact) mass is 540 g/mol. The summed E-state index contributed by atoms with van der Waals surface area (Å²) in [6, 6.07) is 8.54. The molecule has 0 saturated carbocycles. The second-order valence-corrected chi connectivity index (χ2v) is 8.27. The molecule has 0 aliphatic carbocycles. The van der Waals surface area contributed by atoms with E-state index in [4.69, 9.17) is 22.4 Å². The Bertz CT molecular complexity index is 1180. The van der Waals surface area contributed by atoms with Crippen LogP contribution in [0.3, 0.4) is 0 Å². The molecule has 1 aromatic heterocycles. The zero-order chi connectivity index (χ0) is 24.8. The van der Waals surface area contributed by atoms with E-state index in [2.05, 4.69) is 31.2 Å². The first-order valence-electron chi connectivity index (χ1n) is 10.3. The molecule has 176 valence electrons. The molecule has 0 saturated heterocycles. The van der Waals surface area contributed by atoms with Crippen molar-refractivity contribution < 1.29 is 31.3 Å². The number of nitrogens with zero attached hydrogens (tertiary/aromatic N) is 2. The number of halogens is 2. The Kier molecular flexibility index (Phi) is 7.97. The number of aromatic nitrogens is 2. The van der Waals surface area contributed by atoms with E-state index in [1.54, 1.807) is 24.3 Å². The van der Waals surface area contributed by atoms with Gasteiger partial charge in [-0.15, -0.1) is 0 Å². The van der Waals surface area contributed by atoms with Crippen LogP contribution in [0.25, 0.3) is 10.9 Å². The second kappa shape index (κ2) is 11.1. The number of benzene rings is 2. The van der Waals surface area contributed by atoms with E-state index in [9.17, 15) is 20.4 Å². The van der Waals surface area contributed by atoms with E-state index < -0.39 is 31.5 Å². The molecule has 0 bridgehead atoms. The molecule has 9 nitrogen and oxygen atoms in total. The summed E-state index contributed by atoms with van der Waals surface area (Å²) in [4.78, 5) is 8.55. The molecule has 33 heavy (non-hydrogen) atoms. The normalized spacial score (nSPS) is 15.0. The van der Waals surface area contributed by atoms with Crippen molar-refractivity contribution in [2.45, 2.75) is 18.3 Å². The van der Waals surface area contributed by atoms with Crippen LogP contribution in [0.4, 0.5) is 11.5 Å². The third kappa shape index (κ3) is 5.72. The lowest BCUT2D eigenvalue weighted by molar-refractivity contribution is -0.0556. The molecular formula is C22H23BrClN3O6. The van der Waals surface area contributed by atoms with Crippen LogP contribution in [0.5, 0.6) is 11.5 Å². The zero-order valence-corrected chi connectivity index (χ0v) is 19.8. The number of aliphatic hydroxyl groups is 4. The minimum absolute atomic E-state index is 0.128. The maximum Gasteiger partial charge on any atom is 0.164 e. The van der Waals surface area contributed by atoms with Gasteiger partial charge in [0.05, 0.1) is 32.2 Å². The Hall–Kier alpha value is -2.47. The zero-order valence-electron chi connectivity index (χ0n) is 18.4. The highest BCUT2D eigenvalue weighted by atomic mass is 79.9. The number of rotatable bonds is 10. The first-order chi connectivity index (χ1) is 16.3. The van der Waals surface area contributed by atoms with Crippen LogP contribution < -0.4 is 14.8 Å². The van der Waals surface area contributed by atoms with Crippen molar-refractivity contribution in [1.29, 1.82) is 0 Å². The minimum atomic E-state index is -1.63. The predicted octanol–water partition coefficient (Wildman–Crippen LogP) is 2.81. The van der Waals surface area contributed by atoms with E-state index in [-0.39, 0.29) is 17.1 Å². The molecule has 3 atom stereocenters. The van der Waals surface area contributed by atoms with Gasteiger partial charge in [-0.3, -0.25) is 0 Å². The maximum atomic E-state index is 10.4. The predicted molar refractivity (Wildman–Crippen MR) is 128 cm³/mol. The first-order valence-corrected chi connectivity index (χ1v) is 10.9. The fraction of sp³-hybridized carbons (Fsp3) is 0.273. The van der Waals surface area contributed by atoms with Crippen molar-refractivity contribution in [3.8, 4) is 11.5 Å². The van der Waals surface area contributed by atoms with Crippen LogP contribution >= 0.6 is 27.5 Å². The Morgan fingerprint density at radius 2 is 2.03 bits per heavy atom. The number of hydrogen-bond acceptors (Lipinski definition) is 9. The maximum absolute atomic E-state index is 10.4. The molecule has 0 amide bonds. The van der Waals surface area contributed by atoms with Crippen LogP contribution in [0, 0.1) is 0 Å². The van der Waals surface area contributed by atoms with Crippen molar-refractivity contribution in [1.82, 2.24) is 9.97 Å². The Morgan fingerprint density at radius 1 is 1.24 bits per heavy atom. The molecule has 3 aromatic rings. The number of hydrogen-bond donors (Lipinski definition) is 5. The van der Waals surface area contributed by atoms with Gasteiger partial charge in [0.25, 0.3) is 0 Å². The van der Waals surface area contributed by atoms with Crippen LogP contribution in [0.15, 0.2) is 53.3 Å². The van der Waals surface area contributed by atoms with E-state index in [1.165, 1.54) is 13.4 Å². The van der Waals surface area contributed by atoms with E-state index in [0.29, 0.717) is 27.4 Å². The SMILES string of the molecule is [2H]C=C(CO)[C@@H](O)[C@H](O)[C@H](CO)Oc1cc2ncnc(Nc3ccc(Br)c(Cl)c3)c2cc1OC. The van der Waals surface area contributed by atoms with E-state index in [0.717, 1.165) is 11.0 Å². The highest BCUT2D eigenvalue weighted by Gasteiger charge is 2.30. The summed E-state index contributed by atoms with van der Waals surface area (Å²) in [5, 5.41) is 43.9. The lowest BCUT2D eigenvalue weighted by Gasteiger charge is -2.27. The van der Waals surface area contributed by atoms with Gasteiger partial charge in [-0.1, -0.05) is 18.2 Å². The molecule has 0 unspecified atom stereocenters. The molecule has 0 radical (unpaired) electrons. The van der Waals surface area contributed by atoms with Gasteiger partial charge in [0.15, 0.2) is 17.6 Å². The summed E-state index contributed by atoms with van der Waals surface area (Å²) in [7, 11) is 1.42. The fourth-order valence-corrected chi connectivity index (χ4v) is 3.45. The van der Waals surface area contributed by atoms with E-state index in [1.807, 2.05) is 6.07 Å². The smallest absolute Gasteiger partial charge is 0.164 e. The Balaban J connectivity index is 1.94. The van der Waals surface area contributed by atoms with Crippen molar-refractivity contribution in [3.63, 3.8) is 0 Å². The Labute approximate surface area is 204 Å². The average Bonchev–Trinajstić information content (AvgIpc) is 2.84. The molecule has 1 heterocycles. The van der Waals surface area contributed by atoms with Gasteiger partial charge < -0.3 is 35.2 Å².